The summed E-state index contributed by atoms with van der Waals surface area (Å²) in [4.78, 5) is 22.4. The van der Waals surface area contributed by atoms with Crippen molar-refractivity contribution in [3.8, 4) is 5.75 Å². The number of hydrogen-bond acceptors (Lipinski definition) is 3. The number of ether oxygens (including phenoxy) is 1. The quantitative estimate of drug-likeness (QED) is 0.777. The number of carbonyl (C=O) groups is 2. The Morgan fingerprint density at radius 2 is 2.00 bits per heavy atom. The second-order valence-corrected chi connectivity index (χ2v) is 3.23. The Bertz CT molecular complexity index is 409. The summed E-state index contributed by atoms with van der Waals surface area (Å²) in [5, 5.41) is 8.83. The zero-order valence-electron chi connectivity index (χ0n) is 9.32. The van der Waals surface area contributed by atoms with Crippen molar-refractivity contribution in [3.05, 3.63) is 29.3 Å². The van der Waals surface area contributed by atoms with Gasteiger partial charge >= 0.3 is 5.97 Å². The molecule has 0 spiro atoms. The molecule has 0 aromatic heterocycles. The lowest BCUT2D eigenvalue weighted by Crippen LogP contribution is -2.06. The van der Waals surface area contributed by atoms with Gasteiger partial charge in [0.05, 0.1) is 17.7 Å². The van der Waals surface area contributed by atoms with Crippen LogP contribution in [0.2, 0.25) is 0 Å². The molecule has 4 heteroatoms. The minimum Gasteiger partial charge on any atom is -0.493 e. The van der Waals surface area contributed by atoms with Crippen LogP contribution in [-0.4, -0.2) is 23.5 Å². The fraction of sp³-hybridized carbons (Fsp3) is 0.333. The van der Waals surface area contributed by atoms with E-state index in [1.165, 1.54) is 18.2 Å². The van der Waals surface area contributed by atoms with E-state index in [1.807, 2.05) is 6.92 Å². The molecule has 0 saturated heterocycles. The third-order valence-electron chi connectivity index (χ3n) is 2.15. The van der Waals surface area contributed by atoms with E-state index in [4.69, 9.17) is 9.84 Å². The van der Waals surface area contributed by atoms with Gasteiger partial charge in [0.1, 0.15) is 5.75 Å². The third kappa shape index (κ3) is 2.59. The van der Waals surface area contributed by atoms with Crippen LogP contribution in [0.3, 0.4) is 0 Å². The molecule has 0 amide bonds. The van der Waals surface area contributed by atoms with Gasteiger partial charge in [-0.1, -0.05) is 6.92 Å². The molecular weight excluding hydrogens is 208 g/mol. The second-order valence-electron chi connectivity index (χ2n) is 3.23. The van der Waals surface area contributed by atoms with Gasteiger partial charge in [-0.2, -0.15) is 0 Å². The van der Waals surface area contributed by atoms with Gasteiger partial charge in [-0.25, -0.2) is 4.79 Å². The van der Waals surface area contributed by atoms with Crippen LogP contribution in [0, 0.1) is 0 Å². The topological polar surface area (TPSA) is 63.6 Å². The Hall–Kier alpha value is -1.84. The summed E-state index contributed by atoms with van der Waals surface area (Å²) in [6.07, 6.45) is 0.323. The molecule has 1 rings (SSSR count). The standard InChI is InChI=1S/C12H14O4/c1-3-10(13)9-7-8(12(14)15)5-6-11(9)16-4-2/h5-7H,3-4H2,1-2H3,(H,14,15). The van der Waals surface area contributed by atoms with E-state index in [0.717, 1.165) is 0 Å². The van der Waals surface area contributed by atoms with Crippen molar-refractivity contribution in [3.63, 3.8) is 0 Å². The molecule has 0 unspecified atom stereocenters. The van der Waals surface area contributed by atoms with E-state index in [1.54, 1.807) is 6.92 Å². The Labute approximate surface area is 93.9 Å². The summed E-state index contributed by atoms with van der Waals surface area (Å²) >= 11 is 0. The van der Waals surface area contributed by atoms with Crippen LogP contribution in [0.5, 0.6) is 5.75 Å². The number of hydrogen-bond donors (Lipinski definition) is 1. The molecule has 0 bridgehead atoms. The zero-order chi connectivity index (χ0) is 12.1. The molecule has 4 nitrogen and oxygen atoms in total. The summed E-state index contributed by atoms with van der Waals surface area (Å²) in [6.45, 7) is 3.98. The zero-order valence-corrected chi connectivity index (χ0v) is 9.32. The third-order valence-corrected chi connectivity index (χ3v) is 2.15. The van der Waals surface area contributed by atoms with Gasteiger partial charge in [0.15, 0.2) is 5.78 Å². The molecule has 16 heavy (non-hydrogen) atoms. The largest absolute Gasteiger partial charge is 0.493 e. The highest BCUT2D eigenvalue weighted by Crippen LogP contribution is 2.22. The number of carbonyl (C=O) groups excluding carboxylic acids is 1. The van der Waals surface area contributed by atoms with E-state index in [-0.39, 0.29) is 11.3 Å². The summed E-state index contributed by atoms with van der Waals surface area (Å²) < 4.78 is 5.28. The highest BCUT2D eigenvalue weighted by molar-refractivity contribution is 6.01. The predicted molar refractivity (Wildman–Crippen MR) is 59.2 cm³/mol. The van der Waals surface area contributed by atoms with Gasteiger partial charge in [-0.05, 0) is 25.1 Å². The Balaban J connectivity index is 3.20. The van der Waals surface area contributed by atoms with Crippen LogP contribution < -0.4 is 4.74 Å². The molecule has 0 aliphatic carbocycles. The molecular formula is C12H14O4. The maximum atomic E-state index is 11.6. The molecule has 0 atom stereocenters. The molecule has 0 fully saturated rings. The SMILES string of the molecule is CCOc1ccc(C(=O)O)cc1C(=O)CC. The normalized spacial score (nSPS) is 9.88. The van der Waals surface area contributed by atoms with Crippen LogP contribution in [0.15, 0.2) is 18.2 Å². The van der Waals surface area contributed by atoms with E-state index >= 15 is 0 Å². The number of benzene rings is 1. The Morgan fingerprint density at radius 1 is 1.31 bits per heavy atom. The number of carboxylic acids is 1. The predicted octanol–water partition coefficient (Wildman–Crippen LogP) is 2.38. The highest BCUT2D eigenvalue weighted by Gasteiger charge is 2.14. The number of aromatic carboxylic acids is 1. The first kappa shape index (κ1) is 12.2. The first-order valence-electron chi connectivity index (χ1n) is 5.13. The summed E-state index contributed by atoms with van der Waals surface area (Å²) in [5.74, 6) is -0.723. The molecule has 1 aromatic rings. The van der Waals surface area contributed by atoms with E-state index in [0.29, 0.717) is 24.3 Å². The molecule has 1 N–H and O–H groups in total. The van der Waals surface area contributed by atoms with Crippen molar-refractivity contribution in [2.75, 3.05) is 6.61 Å². The summed E-state index contributed by atoms with van der Waals surface area (Å²) in [5.41, 5.74) is 0.435. The van der Waals surface area contributed by atoms with Crippen molar-refractivity contribution in [1.29, 1.82) is 0 Å². The maximum absolute atomic E-state index is 11.6. The summed E-state index contributed by atoms with van der Waals surface area (Å²) in [7, 11) is 0. The molecule has 0 radical (unpaired) electrons. The van der Waals surface area contributed by atoms with Gasteiger partial charge in [0, 0.05) is 6.42 Å². The number of rotatable bonds is 5. The number of Topliss-reactive ketones (excluding diaryl/α,β-unsaturated/α-hetero) is 1. The average Bonchev–Trinajstić information content (AvgIpc) is 2.28. The lowest BCUT2D eigenvalue weighted by Gasteiger charge is -2.09. The van der Waals surface area contributed by atoms with Crippen molar-refractivity contribution >= 4 is 11.8 Å². The Kier molecular flexibility index (Phi) is 4.05. The van der Waals surface area contributed by atoms with Gasteiger partial charge in [0.25, 0.3) is 0 Å². The van der Waals surface area contributed by atoms with E-state index in [9.17, 15) is 9.59 Å². The lowest BCUT2D eigenvalue weighted by molar-refractivity contribution is 0.0697. The van der Waals surface area contributed by atoms with Crippen LogP contribution in [-0.2, 0) is 0 Å². The first-order chi connectivity index (χ1) is 7.60. The molecule has 0 heterocycles. The molecule has 86 valence electrons. The number of ketones is 1. The van der Waals surface area contributed by atoms with E-state index in [2.05, 4.69) is 0 Å². The smallest absolute Gasteiger partial charge is 0.335 e. The van der Waals surface area contributed by atoms with Crippen LogP contribution in [0.25, 0.3) is 0 Å². The van der Waals surface area contributed by atoms with Crippen molar-refractivity contribution in [2.45, 2.75) is 20.3 Å². The van der Waals surface area contributed by atoms with Crippen molar-refractivity contribution < 1.29 is 19.4 Å². The average molecular weight is 222 g/mol. The first-order valence-corrected chi connectivity index (χ1v) is 5.13. The van der Waals surface area contributed by atoms with E-state index < -0.39 is 5.97 Å². The maximum Gasteiger partial charge on any atom is 0.335 e. The van der Waals surface area contributed by atoms with Crippen molar-refractivity contribution in [1.82, 2.24) is 0 Å². The van der Waals surface area contributed by atoms with Gasteiger partial charge in [0.2, 0.25) is 0 Å². The fourth-order valence-corrected chi connectivity index (χ4v) is 1.35. The fourth-order valence-electron chi connectivity index (χ4n) is 1.35. The molecule has 0 aliphatic heterocycles. The van der Waals surface area contributed by atoms with Gasteiger partial charge in [-0.3, -0.25) is 4.79 Å². The molecule has 1 aromatic carbocycles. The van der Waals surface area contributed by atoms with Crippen LogP contribution in [0.1, 0.15) is 41.0 Å². The lowest BCUT2D eigenvalue weighted by atomic mass is 10.0. The molecule has 0 aliphatic rings. The van der Waals surface area contributed by atoms with Crippen LogP contribution in [0.4, 0.5) is 0 Å². The Morgan fingerprint density at radius 3 is 2.50 bits per heavy atom. The van der Waals surface area contributed by atoms with Gasteiger partial charge in [-0.15, -0.1) is 0 Å². The monoisotopic (exact) mass is 222 g/mol. The minimum atomic E-state index is -1.05. The van der Waals surface area contributed by atoms with Gasteiger partial charge < -0.3 is 9.84 Å². The van der Waals surface area contributed by atoms with Crippen molar-refractivity contribution in [2.24, 2.45) is 0 Å². The molecule has 0 saturated carbocycles. The minimum absolute atomic E-state index is 0.0975. The van der Waals surface area contributed by atoms with Crippen LogP contribution >= 0.6 is 0 Å². The number of carboxylic acid groups (broad SMARTS) is 1. The second kappa shape index (κ2) is 5.30. The highest BCUT2D eigenvalue weighted by atomic mass is 16.5. The summed E-state index contributed by atoms with van der Waals surface area (Å²) in [6, 6.07) is 4.31.